The number of carbonyl (C=O) groups is 1. The van der Waals surface area contributed by atoms with Crippen LogP contribution in [0.5, 0.6) is 0 Å². The van der Waals surface area contributed by atoms with Crippen LogP contribution in [0.25, 0.3) is 5.82 Å². The first-order chi connectivity index (χ1) is 11.6. The summed E-state index contributed by atoms with van der Waals surface area (Å²) < 4.78 is 6.86. The molecule has 0 aliphatic rings. The van der Waals surface area contributed by atoms with Gasteiger partial charge in [0.15, 0.2) is 5.82 Å². The molecule has 0 unspecified atom stereocenters. The zero-order valence-electron chi connectivity index (χ0n) is 13.5. The van der Waals surface area contributed by atoms with Crippen LogP contribution in [0.15, 0.2) is 41.2 Å². The van der Waals surface area contributed by atoms with E-state index in [0.717, 1.165) is 5.82 Å². The molecule has 0 saturated heterocycles. The summed E-state index contributed by atoms with van der Waals surface area (Å²) in [6.07, 6.45) is 3.81. The Kier molecular flexibility index (Phi) is 4.55. The number of aromatic nitrogens is 4. The lowest BCUT2D eigenvalue weighted by Crippen LogP contribution is -2.29. The zero-order valence-corrected chi connectivity index (χ0v) is 13.5. The molecule has 0 fully saturated rings. The van der Waals surface area contributed by atoms with Crippen molar-refractivity contribution in [3.8, 4) is 5.82 Å². The van der Waals surface area contributed by atoms with Gasteiger partial charge >= 0.3 is 0 Å². The van der Waals surface area contributed by atoms with Crippen molar-refractivity contribution in [2.75, 3.05) is 18.4 Å². The van der Waals surface area contributed by atoms with Gasteiger partial charge in [-0.2, -0.15) is 0 Å². The average Bonchev–Trinajstić information content (AvgIpc) is 3.22. The van der Waals surface area contributed by atoms with Crippen molar-refractivity contribution in [2.24, 2.45) is 0 Å². The molecule has 24 heavy (non-hydrogen) atoms. The van der Waals surface area contributed by atoms with Gasteiger partial charge in [0.05, 0.1) is 5.69 Å². The Balaban J connectivity index is 1.47. The maximum atomic E-state index is 12.1. The normalized spacial score (nSPS) is 10.6. The van der Waals surface area contributed by atoms with Crippen LogP contribution < -0.4 is 10.6 Å². The summed E-state index contributed by atoms with van der Waals surface area (Å²) in [4.78, 5) is 12.1. The third-order valence-electron chi connectivity index (χ3n) is 3.50. The number of hydrogen-bond donors (Lipinski definition) is 2. The summed E-state index contributed by atoms with van der Waals surface area (Å²) in [6.45, 7) is 4.44. The van der Waals surface area contributed by atoms with Crippen molar-refractivity contribution < 1.29 is 9.32 Å². The lowest BCUT2D eigenvalue weighted by atomic mass is 10.2. The molecular formula is C16H18N6O2. The van der Waals surface area contributed by atoms with E-state index in [1.54, 1.807) is 13.8 Å². The SMILES string of the molecule is Cc1noc(C)c1C(=O)NCCNc1ccc(-n2cccc2)nn1. The Bertz CT molecular complexity index is 788. The first kappa shape index (κ1) is 15.7. The minimum absolute atomic E-state index is 0.193. The lowest BCUT2D eigenvalue weighted by molar-refractivity contribution is 0.0953. The molecule has 0 aliphatic heterocycles. The molecule has 0 spiro atoms. The molecule has 124 valence electrons. The van der Waals surface area contributed by atoms with E-state index >= 15 is 0 Å². The van der Waals surface area contributed by atoms with Gasteiger partial charge in [-0.15, -0.1) is 10.2 Å². The second-order valence-corrected chi connectivity index (χ2v) is 5.25. The van der Waals surface area contributed by atoms with Gasteiger partial charge in [-0.1, -0.05) is 5.16 Å². The molecule has 0 bridgehead atoms. The molecule has 3 aromatic rings. The van der Waals surface area contributed by atoms with E-state index in [1.165, 1.54) is 0 Å². The maximum Gasteiger partial charge on any atom is 0.256 e. The van der Waals surface area contributed by atoms with Crippen LogP contribution in [0.1, 0.15) is 21.8 Å². The van der Waals surface area contributed by atoms with Crippen LogP contribution in [-0.4, -0.2) is 38.9 Å². The fourth-order valence-electron chi connectivity index (χ4n) is 2.31. The minimum Gasteiger partial charge on any atom is -0.367 e. The van der Waals surface area contributed by atoms with E-state index in [1.807, 2.05) is 41.2 Å². The van der Waals surface area contributed by atoms with Gasteiger partial charge in [-0.05, 0) is 38.1 Å². The summed E-state index contributed by atoms with van der Waals surface area (Å²) in [5.41, 5.74) is 1.08. The molecule has 0 saturated carbocycles. The standard InChI is InChI=1S/C16H18N6O2/c1-11-15(12(2)24-21-11)16(23)18-8-7-17-13-5-6-14(20-19-13)22-9-3-4-10-22/h3-6,9-10H,7-8H2,1-2H3,(H,17,19)(H,18,23). The van der Waals surface area contributed by atoms with Crippen molar-refractivity contribution in [1.29, 1.82) is 0 Å². The number of amides is 1. The molecule has 0 radical (unpaired) electrons. The summed E-state index contributed by atoms with van der Waals surface area (Å²) in [5.74, 6) is 1.72. The highest BCUT2D eigenvalue weighted by Gasteiger charge is 2.16. The zero-order chi connectivity index (χ0) is 16.9. The number of rotatable bonds is 6. The Hall–Kier alpha value is -3.16. The second kappa shape index (κ2) is 6.95. The van der Waals surface area contributed by atoms with Crippen LogP contribution in [0.2, 0.25) is 0 Å². The highest BCUT2D eigenvalue weighted by molar-refractivity contribution is 5.96. The Labute approximate surface area is 138 Å². The molecule has 8 heteroatoms. The van der Waals surface area contributed by atoms with Gasteiger partial charge in [-0.25, -0.2) is 0 Å². The van der Waals surface area contributed by atoms with Crippen LogP contribution in [0.3, 0.4) is 0 Å². The Morgan fingerprint density at radius 1 is 1.17 bits per heavy atom. The number of anilines is 1. The van der Waals surface area contributed by atoms with Crippen LogP contribution in [0, 0.1) is 13.8 Å². The molecule has 3 aromatic heterocycles. The predicted octanol–water partition coefficient (Wildman–Crippen LogP) is 1.71. The van der Waals surface area contributed by atoms with Crippen molar-refractivity contribution in [3.05, 3.63) is 53.7 Å². The smallest absolute Gasteiger partial charge is 0.256 e. The number of carbonyl (C=O) groups excluding carboxylic acids is 1. The first-order valence-corrected chi connectivity index (χ1v) is 7.57. The molecule has 0 atom stereocenters. The molecule has 3 heterocycles. The van der Waals surface area contributed by atoms with Gasteiger partial charge in [0.25, 0.3) is 5.91 Å². The predicted molar refractivity (Wildman–Crippen MR) is 88.2 cm³/mol. The fraction of sp³-hybridized carbons (Fsp3) is 0.250. The summed E-state index contributed by atoms with van der Waals surface area (Å²) in [5, 5.41) is 17.9. The molecule has 2 N–H and O–H groups in total. The van der Waals surface area contributed by atoms with Gasteiger partial charge in [0.2, 0.25) is 0 Å². The van der Waals surface area contributed by atoms with Crippen LogP contribution in [-0.2, 0) is 0 Å². The summed E-state index contributed by atoms with van der Waals surface area (Å²) in [7, 11) is 0. The van der Waals surface area contributed by atoms with E-state index in [2.05, 4.69) is 26.0 Å². The van der Waals surface area contributed by atoms with E-state index in [0.29, 0.717) is 35.9 Å². The number of nitrogens with one attached hydrogen (secondary N) is 2. The Morgan fingerprint density at radius 3 is 2.58 bits per heavy atom. The number of nitrogens with zero attached hydrogens (tertiary/aromatic N) is 4. The maximum absolute atomic E-state index is 12.1. The molecule has 3 rings (SSSR count). The van der Waals surface area contributed by atoms with E-state index in [4.69, 9.17) is 4.52 Å². The molecule has 8 nitrogen and oxygen atoms in total. The monoisotopic (exact) mass is 326 g/mol. The fourth-order valence-corrected chi connectivity index (χ4v) is 2.31. The van der Waals surface area contributed by atoms with Gasteiger partial charge in [-0.3, -0.25) is 4.79 Å². The summed E-state index contributed by atoms with van der Waals surface area (Å²) >= 11 is 0. The highest BCUT2D eigenvalue weighted by Crippen LogP contribution is 2.11. The minimum atomic E-state index is -0.193. The second-order valence-electron chi connectivity index (χ2n) is 5.25. The van der Waals surface area contributed by atoms with Crippen molar-refractivity contribution >= 4 is 11.7 Å². The molecule has 0 aromatic carbocycles. The largest absolute Gasteiger partial charge is 0.367 e. The van der Waals surface area contributed by atoms with Crippen molar-refractivity contribution in [1.82, 2.24) is 25.2 Å². The first-order valence-electron chi connectivity index (χ1n) is 7.57. The highest BCUT2D eigenvalue weighted by atomic mass is 16.5. The third-order valence-corrected chi connectivity index (χ3v) is 3.50. The van der Waals surface area contributed by atoms with Gasteiger partial charge in [0.1, 0.15) is 17.1 Å². The quantitative estimate of drug-likeness (QED) is 0.669. The lowest BCUT2D eigenvalue weighted by Gasteiger charge is -2.07. The topological polar surface area (TPSA) is 97.9 Å². The molecule has 0 aliphatic carbocycles. The van der Waals surface area contributed by atoms with E-state index in [-0.39, 0.29) is 5.91 Å². The van der Waals surface area contributed by atoms with Crippen LogP contribution in [0.4, 0.5) is 5.82 Å². The summed E-state index contributed by atoms with van der Waals surface area (Å²) in [6, 6.07) is 7.57. The number of aryl methyl sites for hydroxylation is 2. The number of hydrogen-bond acceptors (Lipinski definition) is 6. The van der Waals surface area contributed by atoms with Crippen molar-refractivity contribution in [3.63, 3.8) is 0 Å². The third kappa shape index (κ3) is 3.43. The van der Waals surface area contributed by atoms with Gasteiger partial charge in [0, 0.05) is 25.5 Å². The molecular weight excluding hydrogens is 308 g/mol. The van der Waals surface area contributed by atoms with E-state index in [9.17, 15) is 4.79 Å². The average molecular weight is 326 g/mol. The van der Waals surface area contributed by atoms with Crippen molar-refractivity contribution in [2.45, 2.75) is 13.8 Å². The van der Waals surface area contributed by atoms with Gasteiger partial charge < -0.3 is 19.7 Å². The van der Waals surface area contributed by atoms with Crippen LogP contribution >= 0.6 is 0 Å². The van der Waals surface area contributed by atoms with E-state index < -0.39 is 0 Å². The Morgan fingerprint density at radius 2 is 1.96 bits per heavy atom. The molecule has 1 amide bonds.